The summed E-state index contributed by atoms with van der Waals surface area (Å²) in [5.41, 5.74) is 4.21. The predicted molar refractivity (Wildman–Crippen MR) is 65.0 cm³/mol. The molecule has 1 nitrogen and oxygen atoms in total. The average Bonchev–Trinajstić information content (AvgIpc) is 2.73. The Kier molecular flexibility index (Phi) is 3.42. The molecule has 0 aliphatic heterocycles. The topological polar surface area (TPSA) is 12.0 Å². The van der Waals surface area contributed by atoms with Crippen molar-refractivity contribution in [2.24, 2.45) is 0 Å². The third-order valence-corrected chi connectivity index (χ3v) is 3.52. The van der Waals surface area contributed by atoms with Crippen LogP contribution in [-0.4, -0.2) is 6.04 Å². The monoisotopic (exact) mass is 203 g/mol. The number of hydrogen-bond donors (Lipinski definition) is 1. The van der Waals surface area contributed by atoms with Crippen LogP contribution in [0, 0.1) is 13.8 Å². The van der Waals surface area contributed by atoms with Crippen molar-refractivity contribution in [2.45, 2.75) is 52.1 Å². The van der Waals surface area contributed by atoms with Gasteiger partial charge in [-0.15, -0.1) is 0 Å². The number of benzene rings is 1. The molecule has 1 heteroatoms. The van der Waals surface area contributed by atoms with E-state index < -0.39 is 0 Å². The first-order chi connectivity index (χ1) is 7.25. The van der Waals surface area contributed by atoms with Crippen LogP contribution in [0.1, 0.15) is 42.4 Å². The maximum atomic E-state index is 3.64. The van der Waals surface area contributed by atoms with Gasteiger partial charge in [0.25, 0.3) is 0 Å². The highest BCUT2D eigenvalue weighted by Gasteiger charge is 2.13. The predicted octanol–water partition coefficient (Wildman–Crippen LogP) is 3.34. The van der Waals surface area contributed by atoms with Crippen molar-refractivity contribution >= 4 is 0 Å². The fourth-order valence-electron chi connectivity index (χ4n) is 2.31. The van der Waals surface area contributed by atoms with Crippen molar-refractivity contribution in [2.75, 3.05) is 0 Å². The Morgan fingerprint density at radius 3 is 2.53 bits per heavy atom. The lowest BCUT2D eigenvalue weighted by Crippen LogP contribution is -2.25. The molecule has 0 amide bonds. The molecule has 1 aromatic rings. The van der Waals surface area contributed by atoms with Gasteiger partial charge in [0, 0.05) is 12.6 Å². The summed E-state index contributed by atoms with van der Waals surface area (Å²) >= 11 is 0. The fraction of sp³-hybridized carbons (Fsp3) is 0.571. The van der Waals surface area contributed by atoms with E-state index >= 15 is 0 Å². The SMILES string of the molecule is Cc1ccc(CNC2CCCC2)cc1C. The van der Waals surface area contributed by atoms with E-state index in [1.165, 1.54) is 42.4 Å². The Bertz CT molecular complexity index is 324. The minimum atomic E-state index is 0.770. The zero-order valence-electron chi connectivity index (χ0n) is 9.84. The molecule has 1 fully saturated rings. The highest BCUT2D eigenvalue weighted by Crippen LogP contribution is 2.18. The molecule has 0 spiro atoms. The molecule has 0 unspecified atom stereocenters. The lowest BCUT2D eigenvalue weighted by atomic mass is 10.1. The Labute approximate surface area is 92.9 Å². The van der Waals surface area contributed by atoms with E-state index in [2.05, 4.69) is 37.4 Å². The van der Waals surface area contributed by atoms with Crippen LogP contribution >= 0.6 is 0 Å². The Balaban J connectivity index is 1.90. The molecule has 1 N–H and O–H groups in total. The molecule has 1 saturated carbocycles. The smallest absolute Gasteiger partial charge is 0.0208 e. The Morgan fingerprint density at radius 1 is 1.13 bits per heavy atom. The average molecular weight is 203 g/mol. The van der Waals surface area contributed by atoms with E-state index in [-0.39, 0.29) is 0 Å². The van der Waals surface area contributed by atoms with E-state index in [1.807, 2.05) is 0 Å². The maximum Gasteiger partial charge on any atom is 0.0208 e. The molecule has 0 heterocycles. The van der Waals surface area contributed by atoms with E-state index in [4.69, 9.17) is 0 Å². The van der Waals surface area contributed by atoms with Crippen molar-refractivity contribution in [1.29, 1.82) is 0 Å². The molecule has 0 bridgehead atoms. The van der Waals surface area contributed by atoms with Crippen LogP contribution in [0.4, 0.5) is 0 Å². The summed E-state index contributed by atoms with van der Waals surface area (Å²) in [5, 5.41) is 3.64. The minimum Gasteiger partial charge on any atom is -0.310 e. The molecule has 1 aliphatic carbocycles. The normalized spacial score (nSPS) is 17.2. The minimum absolute atomic E-state index is 0.770. The molecule has 1 aromatic carbocycles. The molecule has 2 rings (SSSR count). The van der Waals surface area contributed by atoms with E-state index in [1.54, 1.807) is 0 Å². The van der Waals surface area contributed by atoms with Crippen LogP contribution in [0.3, 0.4) is 0 Å². The number of rotatable bonds is 3. The van der Waals surface area contributed by atoms with Gasteiger partial charge in [0.05, 0.1) is 0 Å². The lowest BCUT2D eigenvalue weighted by Gasteiger charge is -2.12. The van der Waals surface area contributed by atoms with Gasteiger partial charge in [-0.2, -0.15) is 0 Å². The van der Waals surface area contributed by atoms with Crippen LogP contribution in [0.15, 0.2) is 18.2 Å². The van der Waals surface area contributed by atoms with Crippen LogP contribution in [0.25, 0.3) is 0 Å². The van der Waals surface area contributed by atoms with Crippen molar-refractivity contribution in [3.63, 3.8) is 0 Å². The second kappa shape index (κ2) is 4.80. The summed E-state index contributed by atoms with van der Waals surface area (Å²) < 4.78 is 0. The van der Waals surface area contributed by atoms with Gasteiger partial charge in [0.2, 0.25) is 0 Å². The zero-order valence-corrected chi connectivity index (χ0v) is 9.84. The van der Waals surface area contributed by atoms with E-state index in [9.17, 15) is 0 Å². The highest BCUT2D eigenvalue weighted by atomic mass is 14.9. The standard InChI is InChI=1S/C14H21N/c1-11-7-8-13(9-12(11)2)10-15-14-5-3-4-6-14/h7-9,14-15H,3-6,10H2,1-2H3. The summed E-state index contributed by atoms with van der Waals surface area (Å²) in [4.78, 5) is 0. The third-order valence-electron chi connectivity index (χ3n) is 3.52. The molecular formula is C14H21N. The Hall–Kier alpha value is -0.820. The first-order valence-electron chi connectivity index (χ1n) is 6.05. The molecule has 1 aliphatic rings. The first kappa shape index (κ1) is 10.7. The first-order valence-corrected chi connectivity index (χ1v) is 6.05. The largest absolute Gasteiger partial charge is 0.310 e. The lowest BCUT2D eigenvalue weighted by molar-refractivity contribution is 0.524. The number of hydrogen-bond acceptors (Lipinski definition) is 1. The molecule has 15 heavy (non-hydrogen) atoms. The summed E-state index contributed by atoms with van der Waals surface area (Å²) in [6, 6.07) is 7.54. The molecule has 0 radical (unpaired) electrons. The van der Waals surface area contributed by atoms with Gasteiger partial charge in [-0.25, -0.2) is 0 Å². The van der Waals surface area contributed by atoms with Gasteiger partial charge < -0.3 is 5.32 Å². The number of aryl methyl sites for hydroxylation is 2. The molecular weight excluding hydrogens is 182 g/mol. The summed E-state index contributed by atoms with van der Waals surface area (Å²) in [6.45, 7) is 5.39. The molecule has 0 saturated heterocycles. The van der Waals surface area contributed by atoms with Gasteiger partial charge in [-0.3, -0.25) is 0 Å². The van der Waals surface area contributed by atoms with Crippen molar-refractivity contribution < 1.29 is 0 Å². The molecule has 0 aromatic heterocycles. The summed E-state index contributed by atoms with van der Waals surface area (Å²) in [5.74, 6) is 0. The van der Waals surface area contributed by atoms with E-state index in [0.29, 0.717) is 0 Å². The van der Waals surface area contributed by atoms with Crippen LogP contribution in [0.5, 0.6) is 0 Å². The van der Waals surface area contributed by atoms with Gasteiger partial charge in [-0.1, -0.05) is 31.0 Å². The molecule has 82 valence electrons. The Morgan fingerprint density at radius 2 is 1.87 bits per heavy atom. The van der Waals surface area contributed by atoms with Crippen LogP contribution in [-0.2, 0) is 6.54 Å². The van der Waals surface area contributed by atoms with E-state index in [0.717, 1.165) is 12.6 Å². The maximum absolute atomic E-state index is 3.64. The van der Waals surface area contributed by atoms with Gasteiger partial charge in [0.15, 0.2) is 0 Å². The quantitative estimate of drug-likeness (QED) is 0.794. The van der Waals surface area contributed by atoms with Crippen molar-refractivity contribution in [3.05, 3.63) is 34.9 Å². The van der Waals surface area contributed by atoms with Crippen LogP contribution < -0.4 is 5.32 Å². The second-order valence-electron chi connectivity index (χ2n) is 4.78. The number of nitrogens with one attached hydrogen (secondary N) is 1. The molecule has 0 atom stereocenters. The van der Waals surface area contributed by atoms with Gasteiger partial charge in [-0.05, 0) is 43.4 Å². The van der Waals surface area contributed by atoms with Gasteiger partial charge in [0.1, 0.15) is 0 Å². The fourth-order valence-corrected chi connectivity index (χ4v) is 2.31. The van der Waals surface area contributed by atoms with Crippen LogP contribution in [0.2, 0.25) is 0 Å². The zero-order chi connectivity index (χ0) is 10.7. The third kappa shape index (κ3) is 2.82. The summed E-state index contributed by atoms with van der Waals surface area (Å²) in [7, 11) is 0. The highest BCUT2D eigenvalue weighted by molar-refractivity contribution is 5.29. The second-order valence-corrected chi connectivity index (χ2v) is 4.78. The van der Waals surface area contributed by atoms with Gasteiger partial charge >= 0.3 is 0 Å². The summed E-state index contributed by atoms with van der Waals surface area (Å²) in [6.07, 6.45) is 5.55. The van der Waals surface area contributed by atoms with Crippen molar-refractivity contribution in [3.8, 4) is 0 Å². The van der Waals surface area contributed by atoms with Crippen molar-refractivity contribution in [1.82, 2.24) is 5.32 Å².